The van der Waals surface area contributed by atoms with Crippen LogP contribution in [0, 0.1) is 5.92 Å². The molecule has 3 rings (SSSR count). The summed E-state index contributed by atoms with van der Waals surface area (Å²) in [4.78, 5) is 4.13. The van der Waals surface area contributed by atoms with Crippen molar-refractivity contribution in [3.63, 3.8) is 0 Å². The largest absolute Gasteiger partial charge is 0.476 e. The molecule has 0 bridgehead atoms. The van der Waals surface area contributed by atoms with Gasteiger partial charge in [-0.3, -0.25) is 0 Å². The Morgan fingerprint density at radius 1 is 1.41 bits per heavy atom. The van der Waals surface area contributed by atoms with E-state index in [1.54, 1.807) is 18.3 Å². The number of nitrogens with one attached hydrogen (secondary N) is 2. The second kappa shape index (κ2) is 8.11. The van der Waals surface area contributed by atoms with Crippen LogP contribution in [0.25, 0.3) is 0 Å². The fourth-order valence-electron chi connectivity index (χ4n) is 3.43. The summed E-state index contributed by atoms with van der Waals surface area (Å²) in [5.41, 5.74) is 0. The highest BCUT2D eigenvalue weighted by Crippen LogP contribution is 2.29. The first-order valence-electron chi connectivity index (χ1n) is 8.12. The van der Waals surface area contributed by atoms with Crippen LogP contribution in [0.15, 0.2) is 18.3 Å². The molecule has 2 N–H and O–H groups in total. The summed E-state index contributed by atoms with van der Waals surface area (Å²) < 4.78 is 11.2. The lowest BCUT2D eigenvalue weighted by Crippen LogP contribution is -2.51. The van der Waals surface area contributed by atoms with Crippen LogP contribution in [0.3, 0.4) is 0 Å². The van der Waals surface area contributed by atoms with Crippen molar-refractivity contribution in [1.82, 2.24) is 15.6 Å². The van der Waals surface area contributed by atoms with Gasteiger partial charge in [-0.15, -0.1) is 0 Å². The molecule has 1 aliphatic carbocycles. The number of halogens is 1. The summed E-state index contributed by atoms with van der Waals surface area (Å²) in [5, 5.41) is 7.86. The van der Waals surface area contributed by atoms with Gasteiger partial charge in [0.2, 0.25) is 5.88 Å². The minimum absolute atomic E-state index is 0.493. The molecule has 1 aromatic rings. The third-order valence-corrected chi connectivity index (χ3v) is 4.72. The molecule has 1 aromatic heterocycles. The van der Waals surface area contributed by atoms with Crippen LogP contribution in [-0.4, -0.2) is 50.0 Å². The summed E-state index contributed by atoms with van der Waals surface area (Å²) in [7, 11) is 0. The first-order valence-corrected chi connectivity index (χ1v) is 8.49. The van der Waals surface area contributed by atoms with Crippen LogP contribution in [0.4, 0.5) is 0 Å². The Morgan fingerprint density at radius 3 is 3.14 bits per heavy atom. The molecule has 5 nitrogen and oxygen atoms in total. The Hall–Kier alpha value is -0.880. The van der Waals surface area contributed by atoms with E-state index < -0.39 is 0 Å². The molecular formula is C16H24ClN3O2. The quantitative estimate of drug-likeness (QED) is 0.782. The lowest BCUT2D eigenvalue weighted by atomic mass is 9.94. The highest BCUT2D eigenvalue weighted by atomic mass is 35.5. The molecular weight excluding hydrogens is 302 g/mol. The average molecular weight is 326 g/mol. The van der Waals surface area contributed by atoms with Gasteiger partial charge in [0, 0.05) is 37.4 Å². The molecule has 1 saturated carbocycles. The molecule has 1 aliphatic heterocycles. The fourth-order valence-corrected chi connectivity index (χ4v) is 3.54. The van der Waals surface area contributed by atoms with Crippen LogP contribution >= 0.6 is 11.6 Å². The minimum atomic E-state index is 0.493. The molecule has 122 valence electrons. The van der Waals surface area contributed by atoms with Gasteiger partial charge in [-0.05, 0) is 24.8 Å². The van der Waals surface area contributed by atoms with Gasteiger partial charge in [-0.1, -0.05) is 18.0 Å². The van der Waals surface area contributed by atoms with Crippen LogP contribution in [0.2, 0.25) is 5.02 Å². The topological polar surface area (TPSA) is 55.4 Å². The van der Waals surface area contributed by atoms with E-state index in [2.05, 4.69) is 15.6 Å². The van der Waals surface area contributed by atoms with E-state index in [1.807, 2.05) is 0 Å². The SMILES string of the molecule is Clc1ccc(OCCNC2CCCC2C2COCCN2)nc1. The van der Waals surface area contributed by atoms with Gasteiger partial charge in [0.15, 0.2) is 0 Å². The smallest absolute Gasteiger partial charge is 0.213 e. The zero-order chi connectivity index (χ0) is 15.2. The predicted octanol–water partition coefficient (Wildman–Crippen LogP) is 1.86. The van der Waals surface area contributed by atoms with Gasteiger partial charge in [0.05, 0.1) is 18.2 Å². The molecule has 2 aliphatic rings. The Morgan fingerprint density at radius 2 is 2.36 bits per heavy atom. The van der Waals surface area contributed by atoms with Gasteiger partial charge in [-0.2, -0.15) is 0 Å². The molecule has 1 saturated heterocycles. The lowest BCUT2D eigenvalue weighted by Gasteiger charge is -2.33. The average Bonchev–Trinajstić information content (AvgIpc) is 3.02. The van der Waals surface area contributed by atoms with E-state index in [4.69, 9.17) is 21.1 Å². The molecule has 6 heteroatoms. The number of hydrogen-bond acceptors (Lipinski definition) is 5. The molecule has 0 aromatic carbocycles. The minimum Gasteiger partial charge on any atom is -0.476 e. The molecule has 2 heterocycles. The van der Waals surface area contributed by atoms with Crippen LogP contribution in [-0.2, 0) is 4.74 Å². The maximum Gasteiger partial charge on any atom is 0.213 e. The van der Waals surface area contributed by atoms with Crippen molar-refractivity contribution in [2.45, 2.75) is 31.3 Å². The number of ether oxygens (including phenoxy) is 2. The lowest BCUT2D eigenvalue weighted by molar-refractivity contribution is 0.0523. The maximum atomic E-state index is 5.80. The summed E-state index contributed by atoms with van der Waals surface area (Å²) >= 11 is 5.80. The standard InChI is InChI=1S/C16H24ClN3O2/c17-12-4-5-16(20-10-12)22-9-7-18-14-3-1-2-13(14)15-11-21-8-6-19-15/h4-5,10,13-15,18-19H,1-3,6-9,11H2. The summed E-state index contributed by atoms with van der Waals surface area (Å²) in [6, 6.07) is 4.64. The number of hydrogen-bond donors (Lipinski definition) is 2. The van der Waals surface area contributed by atoms with E-state index in [0.717, 1.165) is 26.3 Å². The van der Waals surface area contributed by atoms with Crippen molar-refractivity contribution in [2.24, 2.45) is 5.92 Å². The first kappa shape index (κ1) is 16.0. The van der Waals surface area contributed by atoms with Gasteiger partial charge in [0.1, 0.15) is 6.61 Å². The van der Waals surface area contributed by atoms with Crippen LogP contribution in [0.5, 0.6) is 5.88 Å². The van der Waals surface area contributed by atoms with Crippen LogP contribution < -0.4 is 15.4 Å². The van der Waals surface area contributed by atoms with Crippen molar-refractivity contribution in [3.05, 3.63) is 23.4 Å². The number of nitrogens with zero attached hydrogens (tertiary/aromatic N) is 1. The Labute approximate surface area is 136 Å². The van der Waals surface area contributed by atoms with Crippen LogP contribution in [0.1, 0.15) is 19.3 Å². The van der Waals surface area contributed by atoms with E-state index in [9.17, 15) is 0 Å². The van der Waals surface area contributed by atoms with Crippen molar-refractivity contribution in [1.29, 1.82) is 0 Å². The molecule has 3 unspecified atom stereocenters. The Kier molecular flexibility index (Phi) is 5.89. The van der Waals surface area contributed by atoms with E-state index in [0.29, 0.717) is 35.5 Å². The second-order valence-electron chi connectivity index (χ2n) is 5.95. The summed E-state index contributed by atoms with van der Waals surface area (Å²) in [6.07, 6.45) is 5.41. The normalized spacial score (nSPS) is 28.7. The molecule has 3 atom stereocenters. The van der Waals surface area contributed by atoms with Gasteiger partial charge < -0.3 is 20.1 Å². The molecule has 22 heavy (non-hydrogen) atoms. The summed E-state index contributed by atoms with van der Waals surface area (Å²) in [5.74, 6) is 1.28. The third kappa shape index (κ3) is 4.32. The zero-order valence-electron chi connectivity index (χ0n) is 12.8. The Balaban J connectivity index is 1.39. The summed E-state index contributed by atoms with van der Waals surface area (Å²) in [6.45, 7) is 4.10. The van der Waals surface area contributed by atoms with E-state index in [-0.39, 0.29) is 0 Å². The van der Waals surface area contributed by atoms with Crippen molar-refractivity contribution >= 4 is 11.6 Å². The number of morpholine rings is 1. The number of pyridine rings is 1. The zero-order valence-corrected chi connectivity index (χ0v) is 13.5. The van der Waals surface area contributed by atoms with Gasteiger partial charge >= 0.3 is 0 Å². The third-order valence-electron chi connectivity index (χ3n) is 4.50. The second-order valence-corrected chi connectivity index (χ2v) is 6.39. The number of aromatic nitrogens is 1. The Bertz CT molecular complexity index is 451. The van der Waals surface area contributed by atoms with Crippen molar-refractivity contribution in [2.75, 3.05) is 32.9 Å². The van der Waals surface area contributed by atoms with Crippen molar-refractivity contribution < 1.29 is 9.47 Å². The predicted molar refractivity (Wildman–Crippen MR) is 86.5 cm³/mol. The maximum absolute atomic E-state index is 5.80. The van der Waals surface area contributed by atoms with E-state index in [1.165, 1.54) is 19.3 Å². The van der Waals surface area contributed by atoms with Gasteiger partial charge in [0.25, 0.3) is 0 Å². The molecule has 0 spiro atoms. The van der Waals surface area contributed by atoms with E-state index >= 15 is 0 Å². The number of rotatable bonds is 6. The molecule has 0 radical (unpaired) electrons. The van der Waals surface area contributed by atoms with Crippen molar-refractivity contribution in [3.8, 4) is 5.88 Å². The first-order chi connectivity index (χ1) is 10.8. The molecule has 0 amide bonds. The fraction of sp³-hybridized carbons (Fsp3) is 0.688. The highest BCUT2D eigenvalue weighted by molar-refractivity contribution is 6.30. The monoisotopic (exact) mass is 325 g/mol. The van der Waals surface area contributed by atoms with Gasteiger partial charge in [-0.25, -0.2) is 4.98 Å². The highest BCUT2D eigenvalue weighted by Gasteiger charge is 2.34. The molecule has 2 fully saturated rings.